The van der Waals surface area contributed by atoms with Crippen molar-refractivity contribution in [3.8, 4) is 0 Å². The van der Waals surface area contributed by atoms with Crippen molar-refractivity contribution >= 4 is 43.0 Å². The van der Waals surface area contributed by atoms with Crippen molar-refractivity contribution in [1.82, 2.24) is 4.90 Å². The first-order chi connectivity index (χ1) is 13.0. The third-order valence-electron chi connectivity index (χ3n) is 5.04. The Labute approximate surface area is 170 Å². The van der Waals surface area contributed by atoms with Crippen molar-refractivity contribution in [2.45, 2.75) is 10.7 Å². The second kappa shape index (κ2) is 7.99. The molecule has 2 heterocycles. The van der Waals surface area contributed by atoms with Crippen LogP contribution in [0.25, 0.3) is 10.1 Å². The topological polar surface area (TPSA) is 15.7 Å². The normalized spacial score (nSPS) is 26.6. The van der Waals surface area contributed by atoms with E-state index in [0.717, 1.165) is 26.2 Å². The molecule has 0 saturated carbocycles. The van der Waals surface area contributed by atoms with E-state index in [1.807, 2.05) is 0 Å². The van der Waals surface area contributed by atoms with Gasteiger partial charge in [0.25, 0.3) is 0 Å². The van der Waals surface area contributed by atoms with Crippen molar-refractivity contribution in [2.75, 3.05) is 44.2 Å². The van der Waals surface area contributed by atoms with E-state index in [1.54, 1.807) is 11.3 Å². The predicted molar refractivity (Wildman–Crippen MR) is 111 cm³/mol. The van der Waals surface area contributed by atoms with Crippen LogP contribution in [0, 0.1) is 0 Å². The lowest BCUT2D eigenvalue weighted by Crippen LogP contribution is -2.48. The molecule has 2 atom stereocenters. The molecule has 0 spiro atoms. The minimum atomic E-state index is -1.98. The van der Waals surface area contributed by atoms with Crippen LogP contribution in [0.2, 0.25) is 0 Å². The zero-order valence-corrected chi connectivity index (χ0v) is 17.2. The molecule has 1 fully saturated rings. The van der Waals surface area contributed by atoms with E-state index in [1.165, 1.54) is 34.0 Å². The number of benzene rings is 1. The number of allylic oxidation sites excluding steroid dienone is 2. The Bertz CT molecular complexity index is 859. The molecule has 0 N–H and O–H groups in total. The van der Waals surface area contributed by atoms with Gasteiger partial charge in [-0.05, 0) is 51.0 Å². The molecular formula is C20H21BrF2N2OS. The van der Waals surface area contributed by atoms with Gasteiger partial charge in [0.15, 0.2) is 6.10 Å². The summed E-state index contributed by atoms with van der Waals surface area (Å²) in [5.74, 6) is -0.592. The first-order valence-electron chi connectivity index (χ1n) is 9.02. The summed E-state index contributed by atoms with van der Waals surface area (Å²) in [7, 11) is 0. The van der Waals surface area contributed by atoms with E-state index >= 15 is 0 Å². The second-order valence-corrected chi connectivity index (χ2v) is 8.91. The minimum absolute atomic E-state index is 0.289. The molecule has 3 nitrogen and oxygen atoms in total. The smallest absolute Gasteiger partial charge is 0.215 e. The van der Waals surface area contributed by atoms with Gasteiger partial charge in [0.1, 0.15) is 5.83 Å². The summed E-state index contributed by atoms with van der Waals surface area (Å²) in [6, 6.07) is 8.58. The van der Waals surface area contributed by atoms with Crippen molar-refractivity contribution in [3.63, 3.8) is 0 Å². The molecule has 2 aromatic rings. The maximum atomic E-state index is 14.3. The number of rotatable bonds is 5. The highest BCUT2D eigenvalue weighted by Crippen LogP contribution is 2.36. The highest BCUT2D eigenvalue weighted by Gasteiger charge is 2.40. The van der Waals surface area contributed by atoms with Crippen molar-refractivity contribution in [1.29, 1.82) is 0 Å². The number of thiophene rings is 1. The Hall–Kier alpha value is -1.28. The van der Waals surface area contributed by atoms with E-state index in [0.29, 0.717) is 6.54 Å². The second-order valence-electron chi connectivity index (χ2n) is 6.78. The average molecular weight is 455 g/mol. The van der Waals surface area contributed by atoms with Gasteiger partial charge in [-0.2, -0.15) is 0 Å². The Morgan fingerprint density at radius 1 is 1.22 bits per heavy atom. The third-order valence-corrected chi connectivity index (χ3v) is 6.67. The summed E-state index contributed by atoms with van der Waals surface area (Å²) < 4.78 is 33.0. The van der Waals surface area contributed by atoms with Crippen LogP contribution < -0.4 is 4.90 Å². The van der Waals surface area contributed by atoms with Gasteiger partial charge in [0.2, 0.25) is 4.58 Å². The first kappa shape index (κ1) is 19.1. The monoisotopic (exact) mass is 454 g/mol. The number of alkyl halides is 2. The summed E-state index contributed by atoms with van der Waals surface area (Å²) in [5.41, 5.74) is 1.29. The van der Waals surface area contributed by atoms with Crippen LogP contribution in [0.1, 0.15) is 0 Å². The number of piperazine rings is 1. The number of nitrogens with zero attached hydrogens (tertiary/aromatic N) is 2. The molecule has 1 aliphatic carbocycles. The molecule has 2 unspecified atom stereocenters. The van der Waals surface area contributed by atoms with Gasteiger partial charge < -0.3 is 9.64 Å². The van der Waals surface area contributed by atoms with Crippen molar-refractivity contribution < 1.29 is 13.5 Å². The van der Waals surface area contributed by atoms with Gasteiger partial charge in [-0.1, -0.05) is 18.2 Å². The number of halogens is 3. The highest BCUT2D eigenvalue weighted by molar-refractivity contribution is 9.10. The molecule has 4 rings (SSSR count). The fourth-order valence-corrected chi connectivity index (χ4v) is 5.00. The maximum absolute atomic E-state index is 14.3. The molecule has 1 saturated heterocycles. The molecule has 1 aromatic heterocycles. The molecular weight excluding hydrogens is 434 g/mol. The van der Waals surface area contributed by atoms with Crippen LogP contribution in [-0.2, 0) is 4.74 Å². The molecule has 27 heavy (non-hydrogen) atoms. The summed E-state index contributed by atoms with van der Waals surface area (Å²) in [5, 5.41) is 3.42. The van der Waals surface area contributed by atoms with Gasteiger partial charge in [0.05, 0.1) is 17.0 Å². The fraction of sp³-hybridized carbons (Fsp3) is 0.400. The zero-order valence-electron chi connectivity index (χ0n) is 14.8. The Morgan fingerprint density at radius 3 is 2.81 bits per heavy atom. The van der Waals surface area contributed by atoms with Crippen LogP contribution in [0.3, 0.4) is 0 Å². The fourth-order valence-electron chi connectivity index (χ4n) is 3.56. The summed E-state index contributed by atoms with van der Waals surface area (Å²) in [4.78, 5) is 4.69. The van der Waals surface area contributed by atoms with Gasteiger partial charge in [-0.15, -0.1) is 11.3 Å². The predicted octanol–water partition coefficient (Wildman–Crippen LogP) is 4.89. The number of ether oxygens (including phenoxy) is 1. The molecule has 0 radical (unpaired) electrons. The Morgan fingerprint density at radius 2 is 2.04 bits per heavy atom. The standard InChI is InChI=1S/C20H21BrF2N2OS/c21-20(23)7-2-4-16(22)19(20)26-13-12-24-8-10-25(11-9-24)17-5-1-3-15-6-14-27-18(15)17/h1-7,14,19H,8-13H2. The summed E-state index contributed by atoms with van der Waals surface area (Å²) in [6.07, 6.45) is 2.65. The van der Waals surface area contributed by atoms with Crippen LogP contribution in [0.5, 0.6) is 0 Å². The van der Waals surface area contributed by atoms with Gasteiger partial charge in [-0.25, -0.2) is 8.78 Å². The van der Waals surface area contributed by atoms with Crippen LogP contribution in [0.4, 0.5) is 14.5 Å². The molecule has 1 aromatic carbocycles. The van der Waals surface area contributed by atoms with E-state index in [9.17, 15) is 8.78 Å². The molecule has 7 heteroatoms. The average Bonchev–Trinajstić information content (AvgIpc) is 3.13. The van der Waals surface area contributed by atoms with E-state index in [4.69, 9.17) is 4.74 Å². The first-order valence-corrected chi connectivity index (χ1v) is 10.7. The van der Waals surface area contributed by atoms with Gasteiger partial charge in [0, 0.05) is 32.7 Å². The van der Waals surface area contributed by atoms with Gasteiger partial charge >= 0.3 is 0 Å². The molecule has 0 amide bonds. The lowest BCUT2D eigenvalue weighted by Gasteiger charge is -2.36. The number of hydrogen-bond acceptors (Lipinski definition) is 4. The third kappa shape index (κ3) is 4.11. The van der Waals surface area contributed by atoms with Gasteiger partial charge in [-0.3, -0.25) is 4.90 Å². The summed E-state index contributed by atoms with van der Waals surface area (Å²) >= 11 is 4.67. The molecule has 0 bridgehead atoms. The Kier molecular flexibility index (Phi) is 5.64. The SMILES string of the molecule is FC1=CC=CC(F)(Br)C1OCCN1CCN(c2cccc3ccsc23)CC1. The van der Waals surface area contributed by atoms with Crippen LogP contribution in [0.15, 0.2) is 53.7 Å². The summed E-state index contributed by atoms with van der Waals surface area (Å²) in [6.45, 7) is 4.63. The lowest BCUT2D eigenvalue weighted by atomic mass is 10.1. The van der Waals surface area contributed by atoms with Crippen molar-refractivity contribution in [2.24, 2.45) is 0 Å². The van der Waals surface area contributed by atoms with Crippen molar-refractivity contribution in [3.05, 3.63) is 53.7 Å². The lowest BCUT2D eigenvalue weighted by molar-refractivity contribution is 0.00187. The van der Waals surface area contributed by atoms with E-state index in [2.05, 4.69) is 55.4 Å². The number of hydrogen-bond donors (Lipinski definition) is 0. The molecule has 1 aliphatic heterocycles. The maximum Gasteiger partial charge on any atom is 0.215 e. The quantitative estimate of drug-likeness (QED) is 0.597. The van der Waals surface area contributed by atoms with Crippen LogP contribution in [-0.4, -0.2) is 54.9 Å². The number of fused-ring (bicyclic) bond motifs is 1. The Balaban J connectivity index is 1.28. The number of anilines is 1. The van der Waals surface area contributed by atoms with E-state index < -0.39 is 16.5 Å². The zero-order chi connectivity index (χ0) is 18.9. The molecule has 2 aliphatic rings. The minimum Gasteiger partial charge on any atom is -0.368 e. The molecule has 144 valence electrons. The highest BCUT2D eigenvalue weighted by atomic mass is 79.9. The van der Waals surface area contributed by atoms with E-state index in [-0.39, 0.29) is 6.61 Å². The largest absolute Gasteiger partial charge is 0.368 e. The van der Waals surface area contributed by atoms with Crippen LogP contribution >= 0.6 is 27.3 Å².